The van der Waals surface area contributed by atoms with Crippen molar-refractivity contribution in [2.45, 2.75) is 52.7 Å². The minimum atomic E-state index is -1.19. The van der Waals surface area contributed by atoms with Gasteiger partial charge in [0.1, 0.15) is 0 Å². The van der Waals surface area contributed by atoms with Crippen molar-refractivity contribution < 1.29 is 5.11 Å². The SMILES string of the molecule is CCCCn1nc(-c2ccc(C)cc2)cc(C(C)(C)O)c1=O. The summed E-state index contributed by atoms with van der Waals surface area (Å²) in [5.41, 5.74) is 1.82. The lowest BCUT2D eigenvalue weighted by atomic mass is 9.98. The molecule has 0 amide bonds. The molecule has 0 unspecified atom stereocenters. The summed E-state index contributed by atoms with van der Waals surface area (Å²) < 4.78 is 1.48. The van der Waals surface area contributed by atoms with Gasteiger partial charge in [-0.15, -0.1) is 0 Å². The predicted octanol–water partition coefficient (Wildman–Crippen LogP) is 3.25. The number of aromatic nitrogens is 2. The largest absolute Gasteiger partial charge is 0.386 e. The Labute approximate surface area is 131 Å². The molecule has 0 aliphatic rings. The molecule has 2 rings (SSSR count). The normalized spacial score (nSPS) is 11.7. The zero-order chi connectivity index (χ0) is 16.3. The molecule has 1 N–H and O–H groups in total. The molecule has 22 heavy (non-hydrogen) atoms. The number of nitrogens with zero attached hydrogens (tertiary/aromatic N) is 2. The van der Waals surface area contributed by atoms with E-state index in [9.17, 15) is 9.90 Å². The summed E-state index contributed by atoms with van der Waals surface area (Å²) in [4.78, 5) is 12.5. The lowest BCUT2D eigenvalue weighted by molar-refractivity contribution is 0.0761. The zero-order valence-electron chi connectivity index (χ0n) is 13.8. The molecule has 0 saturated carbocycles. The van der Waals surface area contributed by atoms with Crippen molar-refractivity contribution in [2.24, 2.45) is 0 Å². The van der Waals surface area contributed by atoms with E-state index in [1.165, 1.54) is 10.2 Å². The molecule has 0 bridgehead atoms. The van der Waals surface area contributed by atoms with E-state index in [-0.39, 0.29) is 5.56 Å². The van der Waals surface area contributed by atoms with Crippen LogP contribution in [-0.4, -0.2) is 14.9 Å². The molecule has 0 radical (unpaired) electrons. The van der Waals surface area contributed by atoms with Crippen LogP contribution in [0.25, 0.3) is 11.3 Å². The minimum absolute atomic E-state index is 0.211. The van der Waals surface area contributed by atoms with Gasteiger partial charge >= 0.3 is 0 Å². The van der Waals surface area contributed by atoms with E-state index >= 15 is 0 Å². The molecule has 118 valence electrons. The second-order valence-electron chi connectivity index (χ2n) is 6.25. The highest BCUT2D eigenvalue weighted by Gasteiger charge is 2.23. The first kappa shape index (κ1) is 16.4. The highest BCUT2D eigenvalue weighted by Crippen LogP contribution is 2.22. The number of aliphatic hydroxyl groups is 1. The first-order chi connectivity index (χ1) is 10.3. The number of unbranched alkanes of at least 4 members (excludes halogenated alkanes) is 1. The maximum Gasteiger partial charge on any atom is 0.272 e. The fourth-order valence-corrected chi connectivity index (χ4v) is 2.30. The van der Waals surface area contributed by atoms with Crippen LogP contribution >= 0.6 is 0 Å². The van der Waals surface area contributed by atoms with E-state index in [0.29, 0.717) is 17.8 Å². The molecular formula is C18H24N2O2. The Morgan fingerprint density at radius 3 is 2.41 bits per heavy atom. The predicted molar refractivity (Wildman–Crippen MR) is 88.8 cm³/mol. The molecule has 0 atom stereocenters. The van der Waals surface area contributed by atoms with Gasteiger partial charge in [0.2, 0.25) is 0 Å². The third kappa shape index (κ3) is 3.63. The Hall–Kier alpha value is -1.94. The summed E-state index contributed by atoms with van der Waals surface area (Å²) in [6.45, 7) is 7.94. The molecule has 1 heterocycles. The topological polar surface area (TPSA) is 55.1 Å². The highest BCUT2D eigenvalue weighted by molar-refractivity contribution is 5.59. The quantitative estimate of drug-likeness (QED) is 0.922. The Morgan fingerprint density at radius 2 is 1.86 bits per heavy atom. The summed E-state index contributed by atoms with van der Waals surface area (Å²) in [7, 11) is 0. The van der Waals surface area contributed by atoms with Gasteiger partial charge in [0.15, 0.2) is 0 Å². The minimum Gasteiger partial charge on any atom is -0.386 e. The lowest BCUT2D eigenvalue weighted by Crippen LogP contribution is -2.33. The Morgan fingerprint density at radius 1 is 1.23 bits per heavy atom. The zero-order valence-corrected chi connectivity index (χ0v) is 13.8. The molecule has 2 aromatic rings. The Kier molecular flexibility index (Phi) is 4.81. The van der Waals surface area contributed by atoms with Crippen molar-refractivity contribution in [3.05, 3.63) is 51.8 Å². The van der Waals surface area contributed by atoms with Crippen LogP contribution in [0.1, 0.15) is 44.7 Å². The first-order valence-electron chi connectivity index (χ1n) is 7.75. The van der Waals surface area contributed by atoms with Crippen LogP contribution in [0, 0.1) is 6.92 Å². The molecule has 0 aliphatic heterocycles. The smallest absolute Gasteiger partial charge is 0.272 e. The van der Waals surface area contributed by atoms with Gasteiger partial charge in [0, 0.05) is 12.1 Å². The van der Waals surface area contributed by atoms with Crippen LogP contribution in [0.2, 0.25) is 0 Å². The molecule has 0 saturated heterocycles. The Balaban J connectivity index is 2.59. The summed E-state index contributed by atoms with van der Waals surface area (Å²) in [6.07, 6.45) is 1.87. The third-order valence-electron chi connectivity index (χ3n) is 3.70. The monoisotopic (exact) mass is 300 g/mol. The maximum atomic E-state index is 12.5. The van der Waals surface area contributed by atoms with Gasteiger partial charge in [-0.1, -0.05) is 43.2 Å². The van der Waals surface area contributed by atoms with Crippen molar-refractivity contribution in [2.75, 3.05) is 0 Å². The van der Waals surface area contributed by atoms with Gasteiger partial charge in [0.25, 0.3) is 5.56 Å². The number of rotatable bonds is 5. The van der Waals surface area contributed by atoms with Crippen LogP contribution in [-0.2, 0) is 12.1 Å². The second-order valence-corrected chi connectivity index (χ2v) is 6.25. The lowest BCUT2D eigenvalue weighted by Gasteiger charge is -2.19. The van der Waals surface area contributed by atoms with Gasteiger partial charge in [-0.3, -0.25) is 4.79 Å². The van der Waals surface area contributed by atoms with Crippen molar-refractivity contribution in [3.63, 3.8) is 0 Å². The van der Waals surface area contributed by atoms with Crippen molar-refractivity contribution >= 4 is 0 Å². The van der Waals surface area contributed by atoms with Crippen LogP contribution in [0.3, 0.4) is 0 Å². The number of benzene rings is 1. The van der Waals surface area contributed by atoms with Gasteiger partial charge in [-0.05, 0) is 33.3 Å². The van der Waals surface area contributed by atoms with Crippen LogP contribution in [0.5, 0.6) is 0 Å². The van der Waals surface area contributed by atoms with Crippen molar-refractivity contribution in [1.29, 1.82) is 0 Å². The average molecular weight is 300 g/mol. The molecule has 4 heteroatoms. The maximum absolute atomic E-state index is 12.5. The number of hydrogen-bond donors (Lipinski definition) is 1. The van der Waals surface area contributed by atoms with Crippen LogP contribution in [0.15, 0.2) is 35.1 Å². The van der Waals surface area contributed by atoms with Gasteiger partial charge in [-0.2, -0.15) is 5.10 Å². The van der Waals surface area contributed by atoms with E-state index in [2.05, 4.69) is 12.0 Å². The van der Waals surface area contributed by atoms with Crippen LogP contribution < -0.4 is 5.56 Å². The van der Waals surface area contributed by atoms with Crippen LogP contribution in [0.4, 0.5) is 0 Å². The number of hydrogen-bond acceptors (Lipinski definition) is 3. The van der Waals surface area contributed by atoms with Gasteiger partial charge < -0.3 is 5.11 Å². The standard InChI is InChI=1S/C18H24N2O2/c1-5-6-11-20-17(21)15(18(3,4)22)12-16(19-20)14-9-7-13(2)8-10-14/h7-10,12,22H,5-6,11H2,1-4H3. The van der Waals surface area contributed by atoms with Gasteiger partial charge in [-0.25, -0.2) is 4.68 Å². The van der Waals surface area contributed by atoms with Crippen molar-refractivity contribution in [1.82, 2.24) is 9.78 Å². The summed E-state index contributed by atoms with van der Waals surface area (Å²) in [5, 5.41) is 14.8. The molecular weight excluding hydrogens is 276 g/mol. The molecule has 0 spiro atoms. The molecule has 0 aliphatic carbocycles. The van der Waals surface area contributed by atoms with E-state index < -0.39 is 5.60 Å². The molecule has 1 aromatic carbocycles. The van der Waals surface area contributed by atoms with Gasteiger partial charge in [0.05, 0.1) is 16.9 Å². The fraction of sp³-hybridized carbons (Fsp3) is 0.444. The average Bonchev–Trinajstić information content (AvgIpc) is 2.46. The summed E-state index contributed by atoms with van der Waals surface area (Å²) in [5.74, 6) is 0. The summed E-state index contributed by atoms with van der Waals surface area (Å²) >= 11 is 0. The molecule has 0 fully saturated rings. The summed E-state index contributed by atoms with van der Waals surface area (Å²) in [6, 6.07) is 9.71. The second kappa shape index (κ2) is 6.44. The van der Waals surface area contributed by atoms with E-state index in [1.807, 2.05) is 31.2 Å². The third-order valence-corrected chi connectivity index (χ3v) is 3.70. The first-order valence-corrected chi connectivity index (χ1v) is 7.75. The van der Waals surface area contributed by atoms with E-state index in [0.717, 1.165) is 18.4 Å². The highest BCUT2D eigenvalue weighted by atomic mass is 16.3. The van der Waals surface area contributed by atoms with Crippen molar-refractivity contribution in [3.8, 4) is 11.3 Å². The Bertz CT molecular complexity index is 695. The van der Waals surface area contributed by atoms with E-state index in [1.54, 1.807) is 19.9 Å². The van der Waals surface area contributed by atoms with E-state index in [4.69, 9.17) is 0 Å². The molecule has 4 nitrogen and oxygen atoms in total. The fourth-order valence-electron chi connectivity index (χ4n) is 2.30. The number of aryl methyl sites for hydroxylation is 2. The molecule has 1 aromatic heterocycles.